The first-order valence-corrected chi connectivity index (χ1v) is 7.44. The van der Waals surface area contributed by atoms with Crippen LogP contribution in [-0.4, -0.2) is 16.7 Å². The van der Waals surface area contributed by atoms with Gasteiger partial charge in [0, 0.05) is 28.9 Å². The molecule has 2 aromatic rings. The molecular formula is C14H16BrN3O2. The number of aromatic nitrogens is 2. The number of hydrogen-bond donors (Lipinski definition) is 1. The summed E-state index contributed by atoms with van der Waals surface area (Å²) in [6, 6.07) is 4.60. The second-order valence-electron chi connectivity index (χ2n) is 5.12. The van der Waals surface area contributed by atoms with E-state index < -0.39 is 0 Å². The molecule has 106 valence electrons. The molecule has 0 amide bonds. The number of halogens is 1. The zero-order valence-corrected chi connectivity index (χ0v) is 13.0. The fourth-order valence-electron chi connectivity index (χ4n) is 2.19. The quantitative estimate of drug-likeness (QED) is 0.925. The first kappa shape index (κ1) is 13.4. The number of nitrogens with zero attached hydrogens (tertiary/aromatic N) is 2. The Bertz CT molecular complexity index is 625. The molecule has 0 saturated carbocycles. The SMILES string of the molecule is CC(C)c1noc(NCc2cc(Br)cc3c2OCC3)n1. The monoisotopic (exact) mass is 337 g/mol. The van der Waals surface area contributed by atoms with Gasteiger partial charge in [-0.1, -0.05) is 34.9 Å². The van der Waals surface area contributed by atoms with Crippen LogP contribution in [0.15, 0.2) is 21.1 Å². The molecule has 2 heterocycles. The van der Waals surface area contributed by atoms with E-state index in [4.69, 9.17) is 9.26 Å². The van der Waals surface area contributed by atoms with Crippen molar-refractivity contribution in [1.29, 1.82) is 0 Å². The molecule has 5 nitrogen and oxygen atoms in total. The van der Waals surface area contributed by atoms with Crippen LogP contribution in [0, 0.1) is 0 Å². The zero-order valence-electron chi connectivity index (χ0n) is 11.4. The molecule has 20 heavy (non-hydrogen) atoms. The maximum atomic E-state index is 5.69. The largest absolute Gasteiger partial charge is 0.493 e. The minimum atomic E-state index is 0.257. The van der Waals surface area contributed by atoms with Gasteiger partial charge < -0.3 is 14.6 Å². The molecule has 0 atom stereocenters. The average Bonchev–Trinajstić information content (AvgIpc) is 3.04. The summed E-state index contributed by atoms with van der Waals surface area (Å²) in [5, 5.41) is 7.08. The number of nitrogens with one attached hydrogen (secondary N) is 1. The van der Waals surface area contributed by atoms with Crippen molar-refractivity contribution in [3.05, 3.63) is 33.6 Å². The second-order valence-corrected chi connectivity index (χ2v) is 6.03. The fraction of sp³-hybridized carbons (Fsp3) is 0.429. The summed E-state index contributed by atoms with van der Waals surface area (Å²) in [7, 11) is 0. The van der Waals surface area contributed by atoms with E-state index in [0.29, 0.717) is 18.4 Å². The zero-order chi connectivity index (χ0) is 14.1. The van der Waals surface area contributed by atoms with Crippen molar-refractivity contribution in [3.8, 4) is 5.75 Å². The Hall–Kier alpha value is -1.56. The van der Waals surface area contributed by atoms with Gasteiger partial charge in [0.05, 0.1) is 6.61 Å². The summed E-state index contributed by atoms with van der Waals surface area (Å²) in [5.74, 6) is 1.94. The first-order valence-electron chi connectivity index (χ1n) is 6.65. The molecule has 1 aliphatic heterocycles. The summed E-state index contributed by atoms with van der Waals surface area (Å²) in [6.45, 7) is 5.41. The molecule has 0 bridgehead atoms. The second kappa shape index (κ2) is 5.44. The Labute approximate surface area is 125 Å². The van der Waals surface area contributed by atoms with Crippen LogP contribution in [0.25, 0.3) is 0 Å². The van der Waals surface area contributed by atoms with Crippen LogP contribution in [0.2, 0.25) is 0 Å². The Morgan fingerprint density at radius 3 is 3.00 bits per heavy atom. The van der Waals surface area contributed by atoms with Gasteiger partial charge in [-0.25, -0.2) is 0 Å². The molecule has 0 aliphatic carbocycles. The van der Waals surface area contributed by atoms with Crippen molar-refractivity contribution in [2.24, 2.45) is 0 Å². The highest BCUT2D eigenvalue weighted by Crippen LogP contribution is 2.33. The van der Waals surface area contributed by atoms with Crippen molar-refractivity contribution in [3.63, 3.8) is 0 Å². The third-order valence-electron chi connectivity index (χ3n) is 3.21. The molecular weight excluding hydrogens is 322 g/mol. The van der Waals surface area contributed by atoms with Gasteiger partial charge in [0.1, 0.15) is 5.75 Å². The minimum absolute atomic E-state index is 0.257. The third-order valence-corrected chi connectivity index (χ3v) is 3.67. The van der Waals surface area contributed by atoms with Crippen molar-refractivity contribution < 1.29 is 9.26 Å². The average molecular weight is 338 g/mol. The first-order chi connectivity index (χ1) is 9.63. The van der Waals surface area contributed by atoms with E-state index in [9.17, 15) is 0 Å². The van der Waals surface area contributed by atoms with Crippen molar-refractivity contribution in [2.45, 2.75) is 32.7 Å². The summed E-state index contributed by atoms with van der Waals surface area (Å²) >= 11 is 3.53. The van der Waals surface area contributed by atoms with Gasteiger partial charge in [-0.05, 0) is 17.7 Å². The number of benzene rings is 1. The van der Waals surface area contributed by atoms with Crippen molar-refractivity contribution in [2.75, 3.05) is 11.9 Å². The summed E-state index contributed by atoms with van der Waals surface area (Å²) in [6.07, 6.45) is 0.958. The lowest BCUT2D eigenvalue weighted by Crippen LogP contribution is -2.02. The standard InChI is InChI=1S/C14H16BrN3O2/c1-8(2)13-17-14(20-18-13)16-7-10-6-11(15)5-9-3-4-19-12(9)10/h5-6,8H,3-4,7H2,1-2H3,(H,16,17,18). The summed E-state index contributed by atoms with van der Waals surface area (Å²) in [4.78, 5) is 4.30. The van der Waals surface area contributed by atoms with Gasteiger partial charge in [0.15, 0.2) is 5.82 Å². The predicted molar refractivity (Wildman–Crippen MR) is 79.1 cm³/mol. The molecule has 1 aromatic heterocycles. The van der Waals surface area contributed by atoms with Crippen LogP contribution in [0.1, 0.15) is 36.7 Å². The summed E-state index contributed by atoms with van der Waals surface area (Å²) < 4.78 is 11.9. The maximum absolute atomic E-state index is 5.69. The van der Waals surface area contributed by atoms with Crippen LogP contribution in [-0.2, 0) is 13.0 Å². The van der Waals surface area contributed by atoms with E-state index in [1.54, 1.807) is 0 Å². The number of ether oxygens (including phenoxy) is 1. The van der Waals surface area contributed by atoms with E-state index in [0.717, 1.165) is 28.8 Å². The molecule has 0 fully saturated rings. The molecule has 1 N–H and O–H groups in total. The number of rotatable bonds is 4. The molecule has 0 unspecified atom stereocenters. The Kier molecular flexibility index (Phi) is 3.65. The van der Waals surface area contributed by atoms with E-state index in [-0.39, 0.29) is 5.92 Å². The maximum Gasteiger partial charge on any atom is 0.321 e. The lowest BCUT2D eigenvalue weighted by atomic mass is 10.1. The molecule has 0 saturated heterocycles. The molecule has 6 heteroatoms. The normalized spacial score (nSPS) is 13.4. The van der Waals surface area contributed by atoms with Crippen molar-refractivity contribution in [1.82, 2.24) is 10.1 Å². The topological polar surface area (TPSA) is 60.2 Å². The van der Waals surface area contributed by atoms with Gasteiger partial charge in [0.25, 0.3) is 0 Å². The highest BCUT2D eigenvalue weighted by molar-refractivity contribution is 9.10. The van der Waals surface area contributed by atoms with Gasteiger partial charge in [-0.15, -0.1) is 0 Å². The van der Waals surface area contributed by atoms with E-state index in [2.05, 4.69) is 43.5 Å². The Balaban J connectivity index is 1.75. The molecule has 1 aliphatic rings. The van der Waals surface area contributed by atoms with Crippen LogP contribution >= 0.6 is 15.9 Å². The highest BCUT2D eigenvalue weighted by atomic mass is 79.9. The number of fused-ring (bicyclic) bond motifs is 1. The van der Waals surface area contributed by atoms with E-state index in [1.165, 1.54) is 5.56 Å². The van der Waals surface area contributed by atoms with Crippen LogP contribution in [0.5, 0.6) is 5.75 Å². The molecule has 3 rings (SSSR count). The number of anilines is 1. The van der Waals surface area contributed by atoms with Crippen molar-refractivity contribution >= 4 is 21.9 Å². The predicted octanol–water partition coefficient (Wildman–Crippen LogP) is 3.50. The Morgan fingerprint density at radius 1 is 1.40 bits per heavy atom. The molecule has 0 radical (unpaired) electrons. The number of hydrogen-bond acceptors (Lipinski definition) is 5. The van der Waals surface area contributed by atoms with Gasteiger partial charge in [-0.2, -0.15) is 4.98 Å². The molecule has 0 spiro atoms. The summed E-state index contributed by atoms with van der Waals surface area (Å²) in [5.41, 5.74) is 2.33. The highest BCUT2D eigenvalue weighted by Gasteiger charge is 2.18. The van der Waals surface area contributed by atoms with E-state index in [1.807, 2.05) is 13.8 Å². The lowest BCUT2D eigenvalue weighted by molar-refractivity contribution is 0.353. The fourth-order valence-corrected chi connectivity index (χ4v) is 2.74. The van der Waals surface area contributed by atoms with Crippen LogP contribution < -0.4 is 10.1 Å². The van der Waals surface area contributed by atoms with Gasteiger partial charge in [-0.3, -0.25) is 0 Å². The van der Waals surface area contributed by atoms with Crippen LogP contribution in [0.4, 0.5) is 6.01 Å². The minimum Gasteiger partial charge on any atom is -0.493 e. The Morgan fingerprint density at radius 2 is 2.25 bits per heavy atom. The van der Waals surface area contributed by atoms with Gasteiger partial charge in [0.2, 0.25) is 0 Å². The molecule has 1 aromatic carbocycles. The van der Waals surface area contributed by atoms with Gasteiger partial charge >= 0.3 is 6.01 Å². The van der Waals surface area contributed by atoms with Crippen LogP contribution in [0.3, 0.4) is 0 Å². The third kappa shape index (κ3) is 2.65. The van der Waals surface area contributed by atoms with E-state index >= 15 is 0 Å². The lowest BCUT2D eigenvalue weighted by Gasteiger charge is -2.08. The smallest absolute Gasteiger partial charge is 0.321 e.